The van der Waals surface area contributed by atoms with Crippen molar-refractivity contribution < 1.29 is 9.53 Å². The van der Waals surface area contributed by atoms with E-state index in [0.29, 0.717) is 6.04 Å². The van der Waals surface area contributed by atoms with Crippen LogP contribution in [-0.2, 0) is 9.53 Å². The summed E-state index contributed by atoms with van der Waals surface area (Å²) in [5.74, 6) is 0.952. The molecular weight excluding hydrogens is 300 g/mol. The molecule has 2 aliphatic rings. The van der Waals surface area contributed by atoms with E-state index in [4.69, 9.17) is 4.74 Å². The smallest absolute Gasteiger partial charge is 0.251 e. The molecule has 2 rings (SSSR count). The lowest BCUT2D eigenvalue weighted by Gasteiger charge is -2.36. The van der Waals surface area contributed by atoms with Gasteiger partial charge in [-0.25, -0.2) is 0 Å². The Morgan fingerprint density at radius 2 is 1.95 bits per heavy atom. The highest BCUT2D eigenvalue weighted by Crippen LogP contribution is 2.27. The molecule has 1 heterocycles. The Hall–Kier alpha value is -0.320. The number of hydrogen-bond acceptors (Lipinski definition) is 3. The minimum Gasteiger partial charge on any atom is -0.365 e. The first-order valence-electron chi connectivity index (χ1n) is 8.75. The average molecular weight is 333 g/mol. The van der Waals surface area contributed by atoms with Gasteiger partial charge in [0, 0.05) is 19.1 Å². The molecule has 5 heteroatoms. The molecule has 22 heavy (non-hydrogen) atoms. The van der Waals surface area contributed by atoms with Crippen molar-refractivity contribution in [2.75, 3.05) is 20.1 Å². The normalized spacial score (nSPS) is 28.0. The molecular formula is C17H33ClN2O2. The summed E-state index contributed by atoms with van der Waals surface area (Å²) < 4.78 is 6.17. The lowest BCUT2D eigenvalue weighted by molar-refractivity contribution is -0.151. The number of rotatable bonds is 5. The van der Waals surface area contributed by atoms with Crippen LogP contribution in [0.2, 0.25) is 0 Å². The average Bonchev–Trinajstić information content (AvgIpc) is 2.52. The van der Waals surface area contributed by atoms with Crippen LogP contribution >= 0.6 is 12.4 Å². The van der Waals surface area contributed by atoms with Crippen molar-refractivity contribution >= 4 is 18.3 Å². The van der Waals surface area contributed by atoms with Crippen LogP contribution in [0.15, 0.2) is 0 Å². The summed E-state index contributed by atoms with van der Waals surface area (Å²) in [7, 11) is 2.00. The van der Waals surface area contributed by atoms with Gasteiger partial charge in [0.15, 0.2) is 0 Å². The zero-order valence-corrected chi connectivity index (χ0v) is 15.2. The predicted octanol–water partition coefficient (Wildman–Crippen LogP) is 2.99. The topological polar surface area (TPSA) is 41.6 Å². The number of amides is 1. The van der Waals surface area contributed by atoms with Crippen molar-refractivity contribution in [3.05, 3.63) is 0 Å². The fraction of sp³-hybridized carbons (Fsp3) is 0.941. The SMILES string of the molecule is CCC(OC1CCCC(C)C1)C(=O)N1CCC(NC)CC1.Cl. The summed E-state index contributed by atoms with van der Waals surface area (Å²) in [5, 5.41) is 3.31. The fourth-order valence-electron chi connectivity index (χ4n) is 3.66. The van der Waals surface area contributed by atoms with E-state index in [1.807, 2.05) is 11.9 Å². The number of nitrogens with one attached hydrogen (secondary N) is 1. The lowest BCUT2D eigenvalue weighted by atomic mass is 9.88. The van der Waals surface area contributed by atoms with Crippen LogP contribution in [0.4, 0.5) is 0 Å². The molecule has 1 aliphatic heterocycles. The third-order valence-corrected chi connectivity index (χ3v) is 5.11. The van der Waals surface area contributed by atoms with Crippen molar-refractivity contribution in [3.63, 3.8) is 0 Å². The highest BCUT2D eigenvalue weighted by Gasteiger charge is 2.30. The van der Waals surface area contributed by atoms with Gasteiger partial charge in [0.25, 0.3) is 5.91 Å². The number of carbonyl (C=O) groups excluding carboxylic acids is 1. The molecule has 1 amide bonds. The molecule has 1 saturated heterocycles. The molecule has 3 unspecified atom stereocenters. The zero-order chi connectivity index (χ0) is 15.2. The first-order chi connectivity index (χ1) is 10.1. The third-order valence-electron chi connectivity index (χ3n) is 5.11. The molecule has 0 aromatic carbocycles. The molecule has 2 fully saturated rings. The summed E-state index contributed by atoms with van der Waals surface area (Å²) in [5.41, 5.74) is 0. The van der Waals surface area contributed by atoms with Crippen LogP contribution in [0.25, 0.3) is 0 Å². The molecule has 1 N–H and O–H groups in total. The van der Waals surface area contributed by atoms with Gasteiger partial charge in [-0.05, 0) is 45.1 Å². The summed E-state index contributed by atoms with van der Waals surface area (Å²) in [4.78, 5) is 14.7. The number of halogens is 1. The van der Waals surface area contributed by atoms with Crippen LogP contribution in [-0.4, -0.2) is 49.2 Å². The van der Waals surface area contributed by atoms with E-state index in [2.05, 4.69) is 19.2 Å². The van der Waals surface area contributed by atoms with Crippen molar-refractivity contribution in [1.82, 2.24) is 10.2 Å². The number of ether oxygens (including phenoxy) is 1. The number of nitrogens with zero attached hydrogens (tertiary/aromatic N) is 1. The highest BCUT2D eigenvalue weighted by atomic mass is 35.5. The van der Waals surface area contributed by atoms with Gasteiger partial charge < -0.3 is 15.0 Å². The number of carbonyl (C=O) groups is 1. The van der Waals surface area contributed by atoms with Gasteiger partial charge in [0.2, 0.25) is 0 Å². The molecule has 130 valence electrons. The summed E-state index contributed by atoms with van der Waals surface area (Å²) in [6, 6.07) is 0.564. The lowest BCUT2D eigenvalue weighted by Crippen LogP contribution is -2.48. The van der Waals surface area contributed by atoms with Gasteiger partial charge in [-0.3, -0.25) is 4.79 Å². The second-order valence-electron chi connectivity index (χ2n) is 6.81. The van der Waals surface area contributed by atoms with E-state index in [0.717, 1.165) is 51.1 Å². The second kappa shape index (κ2) is 9.74. The van der Waals surface area contributed by atoms with Gasteiger partial charge in [-0.15, -0.1) is 12.4 Å². The summed E-state index contributed by atoms with van der Waals surface area (Å²) in [6.45, 7) is 6.09. The standard InChI is InChI=1S/C17H32N2O2.ClH/c1-4-16(21-15-7-5-6-13(2)12-15)17(20)19-10-8-14(18-3)9-11-19;/h13-16,18H,4-12H2,1-3H3;1H. The molecule has 0 spiro atoms. The Labute approximate surface area is 141 Å². The van der Waals surface area contributed by atoms with Crippen LogP contribution in [0.5, 0.6) is 0 Å². The van der Waals surface area contributed by atoms with Gasteiger partial charge in [0.1, 0.15) is 6.10 Å². The number of likely N-dealkylation sites (tertiary alicyclic amines) is 1. The maximum atomic E-state index is 12.7. The van der Waals surface area contributed by atoms with Crippen molar-refractivity contribution in [1.29, 1.82) is 0 Å². The van der Waals surface area contributed by atoms with E-state index in [-0.39, 0.29) is 30.5 Å². The Morgan fingerprint density at radius 3 is 2.50 bits per heavy atom. The molecule has 1 saturated carbocycles. The molecule has 0 bridgehead atoms. The maximum absolute atomic E-state index is 12.7. The Morgan fingerprint density at radius 1 is 1.27 bits per heavy atom. The van der Waals surface area contributed by atoms with Gasteiger partial charge in [-0.1, -0.05) is 26.7 Å². The number of piperidine rings is 1. The van der Waals surface area contributed by atoms with Crippen molar-refractivity contribution in [2.45, 2.75) is 77.0 Å². The van der Waals surface area contributed by atoms with E-state index in [1.54, 1.807) is 0 Å². The van der Waals surface area contributed by atoms with Crippen LogP contribution in [0, 0.1) is 5.92 Å². The molecule has 3 atom stereocenters. The zero-order valence-electron chi connectivity index (χ0n) is 14.3. The molecule has 4 nitrogen and oxygen atoms in total. The van der Waals surface area contributed by atoms with E-state index < -0.39 is 0 Å². The monoisotopic (exact) mass is 332 g/mol. The van der Waals surface area contributed by atoms with Gasteiger partial charge >= 0.3 is 0 Å². The van der Waals surface area contributed by atoms with Gasteiger partial charge in [-0.2, -0.15) is 0 Å². The fourth-order valence-corrected chi connectivity index (χ4v) is 3.66. The third kappa shape index (κ3) is 5.39. The van der Waals surface area contributed by atoms with Gasteiger partial charge in [0.05, 0.1) is 6.10 Å². The molecule has 0 radical (unpaired) electrons. The summed E-state index contributed by atoms with van der Waals surface area (Å²) >= 11 is 0. The Bertz CT molecular complexity index is 333. The maximum Gasteiger partial charge on any atom is 0.251 e. The van der Waals surface area contributed by atoms with E-state index in [1.165, 1.54) is 12.8 Å². The van der Waals surface area contributed by atoms with Crippen molar-refractivity contribution in [2.24, 2.45) is 5.92 Å². The molecule has 0 aromatic rings. The highest BCUT2D eigenvalue weighted by molar-refractivity contribution is 5.85. The van der Waals surface area contributed by atoms with Crippen molar-refractivity contribution in [3.8, 4) is 0 Å². The first-order valence-corrected chi connectivity index (χ1v) is 8.75. The Balaban J connectivity index is 0.00000242. The quantitative estimate of drug-likeness (QED) is 0.841. The largest absolute Gasteiger partial charge is 0.365 e. The second-order valence-corrected chi connectivity index (χ2v) is 6.81. The summed E-state index contributed by atoms with van der Waals surface area (Å²) in [6.07, 6.45) is 7.74. The molecule has 0 aromatic heterocycles. The minimum absolute atomic E-state index is 0. The van der Waals surface area contributed by atoms with Crippen LogP contribution in [0.1, 0.15) is 58.8 Å². The Kier molecular flexibility index (Phi) is 8.73. The number of hydrogen-bond donors (Lipinski definition) is 1. The van der Waals surface area contributed by atoms with Crippen LogP contribution in [0.3, 0.4) is 0 Å². The van der Waals surface area contributed by atoms with E-state index in [9.17, 15) is 4.79 Å². The van der Waals surface area contributed by atoms with Crippen LogP contribution < -0.4 is 5.32 Å². The predicted molar refractivity (Wildman–Crippen MR) is 92.5 cm³/mol. The van der Waals surface area contributed by atoms with E-state index >= 15 is 0 Å². The first kappa shape index (κ1) is 19.7. The molecule has 1 aliphatic carbocycles. The minimum atomic E-state index is -0.230.